The third kappa shape index (κ3) is 11.1. The van der Waals surface area contributed by atoms with E-state index in [9.17, 15) is 58.1 Å². The van der Waals surface area contributed by atoms with E-state index in [0.717, 1.165) is 49.5 Å². The van der Waals surface area contributed by atoms with Gasteiger partial charge in [-0.2, -0.15) is 15.0 Å². The molecule has 9 N–H and O–H groups in total. The summed E-state index contributed by atoms with van der Waals surface area (Å²) in [5.74, 6) is -0.623. The maximum Gasteiger partial charge on any atom is 0.351 e. The van der Waals surface area contributed by atoms with Crippen molar-refractivity contribution >= 4 is 40.9 Å². The molecule has 0 amide bonds. The molecule has 3 aromatic heterocycles. The first-order chi connectivity index (χ1) is 29.5. The van der Waals surface area contributed by atoms with E-state index in [1.807, 2.05) is 0 Å². The van der Waals surface area contributed by atoms with E-state index in [1.165, 1.54) is 6.07 Å². The van der Waals surface area contributed by atoms with Gasteiger partial charge < -0.3 is 93.3 Å². The van der Waals surface area contributed by atoms with Crippen LogP contribution in [0.3, 0.4) is 0 Å². The van der Waals surface area contributed by atoms with Crippen LogP contribution in [0.1, 0.15) is 18.7 Å². The molecule has 0 aliphatic carbocycles. The van der Waals surface area contributed by atoms with Crippen LogP contribution < -0.4 is 49.0 Å². The van der Waals surface area contributed by atoms with E-state index in [-0.39, 0.29) is 17.5 Å². The molecule has 34 heteroatoms. The fourth-order valence-electron chi connectivity index (χ4n) is 6.57. The Labute approximate surface area is 352 Å². The molecule has 6 rings (SSSR count). The van der Waals surface area contributed by atoms with Crippen LogP contribution in [-0.2, 0) is 59.8 Å². The molecule has 0 saturated carbocycles. The van der Waals surface area contributed by atoms with E-state index < -0.39 is 134 Å². The highest BCUT2D eigenvalue weighted by Gasteiger charge is 2.51. The van der Waals surface area contributed by atoms with Crippen LogP contribution >= 0.6 is 23.5 Å². The number of anilines is 3. The summed E-state index contributed by atoms with van der Waals surface area (Å²) < 4.78 is 91.9. The van der Waals surface area contributed by atoms with Crippen molar-refractivity contribution in [2.75, 3.05) is 51.2 Å². The summed E-state index contributed by atoms with van der Waals surface area (Å²) in [4.78, 5) is 86.8. The fraction of sp³-hybridized carbons (Fsp3) is 0.586. The number of ether oxygens (including phenoxy) is 4. The largest absolute Gasteiger partial charge is 0.756 e. The minimum atomic E-state index is -5.79. The molecule has 0 spiro atoms. The summed E-state index contributed by atoms with van der Waals surface area (Å²) >= 11 is 0. The number of phosphoric acid groups is 3. The number of nitrogens with two attached hydrogens (primary N) is 3. The summed E-state index contributed by atoms with van der Waals surface area (Å²) in [6.07, 6.45) is -18.4. The number of nitrogen functional groups attached to an aromatic ring is 3. The van der Waals surface area contributed by atoms with Crippen molar-refractivity contribution in [3.05, 3.63) is 68.2 Å². The van der Waals surface area contributed by atoms with Crippen molar-refractivity contribution < 1.29 is 89.8 Å². The summed E-state index contributed by atoms with van der Waals surface area (Å²) in [6.45, 7) is -3.25. The lowest BCUT2D eigenvalue weighted by Gasteiger charge is -2.33. The highest BCUT2D eigenvalue weighted by molar-refractivity contribution is 7.46. The number of phosphoric ester groups is 3. The second-order valence-corrected chi connectivity index (χ2v) is 17.8. The molecule has 0 radical (unpaired) electrons. The van der Waals surface area contributed by atoms with Crippen molar-refractivity contribution in [3.63, 3.8) is 0 Å². The average Bonchev–Trinajstić information content (AvgIpc) is 3.80. The first kappa shape index (κ1) is 48.5. The molecule has 31 nitrogen and oxygen atoms in total. The number of aliphatic hydroxyl groups excluding tert-OH is 3. The molecule has 3 aromatic rings. The number of aliphatic hydroxyl groups is 3. The smallest absolute Gasteiger partial charge is 0.351 e. The van der Waals surface area contributed by atoms with Gasteiger partial charge in [0.2, 0.25) is 0 Å². The molecule has 3 fully saturated rings. The lowest BCUT2D eigenvalue weighted by Crippen LogP contribution is -2.40. The first-order valence-electron chi connectivity index (χ1n) is 17.9. The lowest BCUT2D eigenvalue weighted by molar-refractivity contribution is -0.240. The molecule has 63 heavy (non-hydrogen) atoms. The molecular weight excluding hydrogens is 919 g/mol. The van der Waals surface area contributed by atoms with Gasteiger partial charge >= 0.3 is 17.1 Å². The fourth-order valence-corrected chi connectivity index (χ4v) is 8.90. The number of nitrogens with zero attached hydrogens (tertiary/aromatic N) is 6. The van der Waals surface area contributed by atoms with Gasteiger partial charge in [-0.1, -0.05) is 0 Å². The lowest BCUT2D eigenvalue weighted by atomic mass is 10.1. The van der Waals surface area contributed by atoms with Crippen LogP contribution in [0.25, 0.3) is 0 Å². The third-order valence-electron chi connectivity index (χ3n) is 9.49. The zero-order chi connectivity index (χ0) is 46.2. The van der Waals surface area contributed by atoms with Crippen LogP contribution in [0.2, 0.25) is 0 Å². The van der Waals surface area contributed by atoms with Gasteiger partial charge in [0.1, 0.15) is 72.4 Å². The molecule has 3 saturated heterocycles. The summed E-state index contributed by atoms with van der Waals surface area (Å²) in [6, 6.07) is 3.47. The Kier molecular flexibility index (Phi) is 14.9. The summed E-state index contributed by atoms with van der Waals surface area (Å²) in [5, 5.41) is 33.2. The van der Waals surface area contributed by atoms with Gasteiger partial charge in [0.15, 0.2) is 18.7 Å². The Morgan fingerprint density at radius 3 is 1.19 bits per heavy atom. The van der Waals surface area contributed by atoms with Crippen LogP contribution in [0.5, 0.6) is 0 Å². The van der Waals surface area contributed by atoms with Crippen LogP contribution in [0.4, 0.5) is 17.5 Å². The normalized spacial score (nSPS) is 32.6. The quantitative estimate of drug-likeness (QED) is 0.0647. The zero-order valence-corrected chi connectivity index (χ0v) is 35.1. The number of hydrogen-bond acceptors (Lipinski definition) is 28. The zero-order valence-electron chi connectivity index (χ0n) is 32.4. The van der Waals surface area contributed by atoms with Gasteiger partial charge in [-0.05, 0) is 18.2 Å². The SMILES string of the molecule is COC1[C@@H](COP(=O)([O-])OC2[C@@H](COP(=O)([O-])OC3[C@@H](COP(=O)([O-])OC)O[C@@H](n4ccc(N)nc4=O)[C@H]3O)O[C@@H](n3ccc(N)nc3=O)[C@H]2O)O[C@@H](n2ccc(N)nc2=O)[C@H]1O. The van der Waals surface area contributed by atoms with Crippen molar-refractivity contribution in [3.8, 4) is 0 Å². The van der Waals surface area contributed by atoms with Gasteiger partial charge in [-0.25, -0.2) is 14.4 Å². The van der Waals surface area contributed by atoms with Gasteiger partial charge in [-0.15, -0.1) is 0 Å². The molecule has 6 heterocycles. The van der Waals surface area contributed by atoms with Gasteiger partial charge in [0.05, 0.1) is 19.8 Å². The maximum atomic E-state index is 13.3. The topological polar surface area (TPSA) is 456 Å². The second kappa shape index (κ2) is 19.3. The Hall–Kier alpha value is -3.91. The highest BCUT2D eigenvalue weighted by atomic mass is 31.2. The predicted molar refractivity (Wildman–Crippen MR) is 197 cm³/mol. The van der Waals surface area contributed by atoms with E-state index in [2.05, 4.69) is 24.0 Å². The molecular formula is C29H39N9O22P3-3. The summed E-state index contributed by atoms with van der Waals surface area (Å²) in [5.41, 5.74) is 13.5. The third-order valence-corrected chi connectivity index (χ3v) is 12.3. The molecule has 0 bridgehead atoms. The highest BCUT2D eigenvalue weighted by Crippen LogP contribution is 2.49. The number of hydrogen-bond donors (Lipinski definition) is 6. The molecule has 6 unspecified atom stereocenters. The Morgan fingerprint density at radius 2 is 0.889 bits per heavy atom. The Balaban J connectivity index is 1.19. The maximum absolute atomic E-state index is 13.3. The van der Waals surface area contributed by atoms with Gasteiger partial charge in [0.25, 0.3) is 23.5 Å². The molecule has 3 aliphatic heterocycles. The van der Waals surface area contributed by atoms with Crippen LogP contribution in [0, 0.1) is 0 Å². The van der Waals surface area contributed by atoms with E-state index in [0.29, 0.717) is 9.13 Å². The van der Waals surface area contributed by atoms with E-state index >= 15 is 0 Å². The van der Waals surface area contributed by atoms with Gasteiger partial charge in [-0.3, -0.25) is 27.4 Å². The average molecular weight is 959 g/mol. The van der Waals surface area contributed by atoms with Crippen molar-refractivity contribution in [1.82, 2.24) is 28.7 Å². The minimum absolute atomic E-state index is 0.136. The van der Waals surface area contributed by atoms with E-state index in [4.69, 9.17) is 54.2 Å². The first-order valence-corrected chi connectivity index (χ1v) is 22.3. The number of aromatic nitrogens is 6. The van der Waals surface area contributed by atoms with Crippen LogP contribution in [0.15, 0.2) is 51.2 Å². The second-order valence-electron chi connectivity index (χ2n) is 13.5. The molecule has 15 atom stereocenters. The molecule has 3 aliphatic rings. The Morgan fingerprint density at radius 1 is 0.587 bits per heavy atom. The van der Waals surface area contributed by atoms with Gasteiger partial charge in [0, 0.05) is 32.8 Å². The molecule has 350 valence electrons. The monoisotopic (exact) mass is 958 g/mol. The van der Waals surface area contributed by atoms with Crippen molar-refractivity contribution in [1.29, 1.82) is 0 Å². The van der Waals surface area contributed by atoms with Crippen molar-refractivity contribution in [2.24, 2.45) is 0 Å². The Bertz CT molecular complexity index is 2440. The van der Waals surface area contributed by atoms with Crippen molar-refractivity contribution in [2.45, 2.75) is 73.6 Å². The summed E-state index contributed by atoms with van der Waals surface area (Å²) in [7, 11) is -14.6. The van der Waals surface area contributed by atoms with Crippen LogP contribution in [-0.4, -0.2) is 133 Å². The minimum Gasteiger partial charge on any atom is -0.756 e. The van der Waals surface area contributed by atoms with E-state index in [1.54, 1.807) is 0 Å². The molecule has 0 aromatic carbocycles. The number of methoxy groups -OCH3 is 1. The standard InChI is InChI=1S/C29H42N9O22P3/c1-51-21-12(56-24(18(21)39)36-6-3-15(30)33-27(36)42)9-54-62(47,48)60-23-14(58-26(20(23)41)38-8-5-17(32)35-29(38)44)11-55-63(49,50)59-22-13(10-53-61(45,46)52-2)57-25(19(22)40)37-7-4-16(31)34-28(37)43/h3-8,12-14,18-26,39-41H,9-11H2,1-2H3,(H,45,46)(H,47,48)(H,49,50)(H2,30,33,42)(H2,31,34,43)(H2,32,35,44)/p-3/t12-,13-,14-,18+,19+,20+,21?,22?,23?,24-,25-,26-/m1/s1. The predicted octanol–water partition coefficient (Wildman–Crippen LogP) is -5.83. The number of rotatable bonds is 18.